The molecule has 0 aliphatic heterocycles. The Labute approximate surface area is 82.5 Å². The van der Waals surface area contributed by atoms with Gasteiger partial charge in [0.1, 0.15) is 0 Å². The normalized spacial score (nSPS) is 37.8. The number of aliphatic hydroxyl groups excluding tert-OH is 1. The van der Waals surface area contributed by atoms with Gasteiger partial charge in [0.2, 0.25) is 0 Å². The van der Waals surface area contributed by atoms with Crippen LogP contribution >= 0.6 is 0 Å². The van der Waals surface area contributed by atoms with Crippen LogP contribution in [0.4, 0.5) is 0 Å². The fourth-order valence-electron chi connectivity index (χ4n) is 2.60. The van der Waals surface area contributed by atoms with Crippen molar-refractivity contribution < 1.29 is 5.11 Å². The Hall–Kier alpha value is -0.0400. The van der Waals surface area contributed by atoms with Gasteiger partial charge in [-0.1, -0.05) is 40.5 Å². The molecular weight excluding hydrogens is 160 g/mol. The third-order valence-electron chi connectivity index (χ3n) is 3.89. The van der Waals surface area contributed by atoms with Crippen molar-refractivity contribution in [1.82, 2.24) is 0 Å². The molecule has 1 aliphatic carbocycles. The highest BCUT2D eigenvalue weighted by Crippen LogP contribution is 2.37. The summed E-state index contributed by atoms with van der Waals surface area (Å²) < 4.78 is 0. The van der Waals surface area contributed by atoms with Crippen LogP contribution in [0.5, 0.6) is 0 Å². The maximum Gasteiger partial charge on any atom is 0.0593 e. The van der Waals surface area contributed by atoms with Crippen LogP contribution in [-0.2, 0) is 0 Å². The SMILES string of the molecule is CC(C)C(O)C1CCCC(C)C1C. The van der Waals surface area contributed by atoms with E-state index in [0.29, 0.717) is 17.8 Å². The van der Waals surface area contributed by atoms with Crippen molar-refractivity contribution in [3.63, 3.8) is 0 Å². The molecule has 78 valence electrons. The molecule has 0 aromatic heterocycles. The van der Waals surface area contributed by atoms with Gasteiger partial charge in [-0.05, 0) is 30.1 Å². The van der Waals surface area contributed by atoms with E-state index in [4.69, 9.17) is 0 Å². The quantitative estimate of drug-likeness (QED) is 0.699. The molecule has 0 aromatic rings. The molecule has 1 saturated carbocycles. The zero-order chi connectivity index (χ0) is 10.0. The fraction of sp³-hybridized carbons (Fsp3) is 1.00. The first kappa shape index (κ1) is 11.0. The topological polar surface area (TPSA) is 20.2 Å². The molecule has 0 radical (unpaired) electrons. The summed E-state index contributed by atoms with van der Waals surface area (Å²) in [5, 5.41) is 10.0. The van der Waals surface area contributed by atoms with Gasteiger partial charge in [-0.25, -0.2) is 0 Å². The van der Waals surface area contributed by atoms with E-state index in [1.54, 1.807) is 0 Å². The summed E-state index contributed by atoms with van der Waals surface area (Å²) >= 11 is 0. The molecule has 1 heteroatoms. The summed E-state index contributed by atoms with van der Waals surface area (Å²) in [4.78, 5) is 0. The van der Waals surface area contributed by atoms with Crippen LogP contribution in [-0.4, -0.2) is 11.2 Å². The molecule has 0 aromatic carbocycles. The number of aliphatic hydroxyl groups is 1. The maximum atomic E-state index is 10.0. The molecule has 4 atom stereocenters. The molecule has 0 saturated heterocycles. The van der Waals surface area contributed by atoms with Crippen molar-refractivity contribution in [2.75, 3.05) is 0 Å². The molecule has 0 heterocycles. The summed E-state index contributed by atoms with van der Waals surface area (Å²) in [5.41, 5.74) is 0. The van der Waals surface area contributed by atoms with Crippen molar-refractivity contribution >= 4 is 0 Å². The van der Waals surface area contributed by atoms with Gasteiger partial charge >= 0.3 is 0 Å². The summed E-state index contributed by atoms with van der Waals surface area (Å²) in [6, 6.07) is 0. The van der Waals surface area contributed by atoms with Crippen molar-refractivity contribution in [3.05, 3.63) is 0 Å². The summed E-state index contributed by atoms with van der Waals surface area (Å²) in [7, 11) is 0. The Morgan fingerprint density at radius 3 is 2.31 bits per heavy atom. The van der Waals surface area contributed by atoms with Gasteiger partial charge in [-0.15, -0.1) is 0 Å². The smallest absolute Gasteiger partial charge is 0.0593 e. The third kappa shape index (κ3) is 2.46. The zero-order valence-electron chi connectivity index (χ0n) is 9.46. The van der Waals surface area contributed by atoms with Gasteiger partial charge in [-0.2, -0.15) is 0 Å². The Morgan fingerprint density at radius 2 is 1.77 bits per heavy atom. The van der Waals surface area contributed by atoms with Crippen molar-refractivity contribution in [2.24, 2.45) is 23.7 Å². The molecule has 1 fully saturated rings. The van der Waals surface area contributed by atoms with Crippen molar-refractivity contribution in [2.45, 2.75) is 53.1 Å². The molecule has 1 rings (SSSR count). The van der Waals surface area contributed by atoms with Crippen LogP contribution < -0.4 is 0 Å². The molecule has 1 aliphatic rings. The molecule has 0 bridgehead atoms. The first-order valence-corrected chi connectivity index (χ1v) is 5.72. The lowest BCUT2D eigenvalue weighted by molar-refractivity contribution is 0.00371. The highest BCUT2D eigenvalue weighted by molar-refractivity contribution is 4.83. The summed E-state index contributed by atoms with van der Waals surface area (Å²) in [5.74, 6) is 2.46. The average Bonchev–Trinajstić information content (AvgIpc) is 2.08. The van der Waals surface area contributed by atoms with Gasteiger partial charge < -0.3 is 5.11 Å². The minimum absolute atomic E-state index is 0.0854. The molecule has 4 unspecified atom stereocenters. The predicted octanol–water partition coefficient (Wildman–Crippen LogP) is 3.08. The van der Waals surface area contributed by atoms with Gasteiger partial charge in [0.25, 0.3) is 0 Å². The van der Waals surface area contributed by atoms with E-state index in [1.165, 1.54) is 19.3 Å². The Bertz CT molecular complexity index is 149. The van der Waals surface area contributed by atoms with Crippen LogP contribution in [0.25, 0.3) is 0 Å². The van der Waals surface area contributed by atoms with Crippen LogP contribution in [0.2, 0.25) is 0 Å². The summed E-state index contributed by atoms with van der Waals surface area (Å²) in [6.45, 7) is 8.87. The Kier molecular flexibility index (Phi) is 3.78. The fourth-order valence-corrected chi connectivity index (χ4v) is 2.60. The number of hydrogen-bond donors (Lipinski definition) is 1. The minimum Gasteiger partial charge on any atom is -0.393 e. The lowest BCUT2D eigenvalue weighted by atomic mass is 9.70. The van der Waals surface area contributed by atoms with Crippen molar-refractivity contribution in [3.8, 4) is 0 Å². The molecule has 1 N–H and O–H groups in total. The zero-order valence-corrected chi connectivity index (χ0v) is 9.46. The van der Waals surface area contributed by atoms with E-state index in [1.807, 2.05) is 0 Å². The van der Waals surface area contributed by atoms with E-state index in [2.05, 4.69) is 27.7 Å². The first-order valence-electron chi connectivity index (χ1n) is 5.72. The standard InChI is InChI=1S/C12H24O/c1-8(2)12(13)11-7-5-6-9(3)10(11)4/h8-13H,5-7H2,1-4H3. The van der Waals surface area contributed by atoms with Gasteiger partial charge in [0.05, 0.1) is 6.10 Å². The van der Waals surface area contributed by atoms with E-state index < -0.39 is 0 Å². The number of rotatable bonds is 2. The third-order valence-corrected chi connectivity index (χ3v) is 3.89. The predicted molar refractivity (Wildman–Crippen MR) is 56.5 cm³/mol. The highest BCUT2D eigenvalue weighted by atomic mass is 16.3. The van der Waals surface area contributed by atoms with Crippen LogP contribution in [0.1, 0.15) is 47.0 Å². The van der Waals surface area contributed by atoms with Crippen LogP contribution in [0.3, 0.4) is 0 Å². The van der Waals surface area contributed by atoms with Crippen LogP contribution in [0.15, 0.2) is 0 Å². The Balaban J connectivity index is 2.57. The molecule has 0 amide bonds. The largest absolute Gasteiger partial charge is 0.393 e. The van der Waals surface area contributed by atoms with Gasteiger partial charge in [0, 0.05) is 0 Å². The van der Waals surface area contributed by atoms with Gasteiger partial charge in [0.15, 0.2) is 0 Å². The lowest BCUT2D eigenvalue weighted by Gasteiger charge is -2.38. The second-order valence-electron chi connectivity index (χ2n) is 5.17. The minimum atomic E-state index is -0.0854. The second-order valence-corrected chi connectivity index (χ2v) is 5.17. The molecular formula is C12H24O. The first-order chi connectivity index (χ1) is 6.04. The van der Waals surface area contributed by atoms with E-state index in [-0.39, 0.29) is 6.10 Å². The number of hydrogen-bond acceptors (Lipinski definition) is 1. The molecule has 13 heavy (non-hydrogen) atoms. The monoisotopic (exact) mass is 184 g/mol. The summed E-state index contributed by atoms with van der Waals surface area (Å²) in [6.07, 6.45) is 3.80. The lowest BCUT2D eigenvalue weighted by Crippen LogP contribution is -2.36. The molecule has 1 nitrogen and oxygen atoms in total. The Morgan fingerprint density at radius 1 is 1.15 bits per heavy atom. The second kappa shape index (κ2) is 4.45. The van der Waals surface area contributed by atoms with Crippen LogP contribution in [0, 0.1) is 23.7 Å². The van der Waals surface area contributed by atoms with E-state index >= 15 is 0 Å². The van der Waals surface area contributed by atoms with E-state index in [9.17, 15) is 5.11 Å². The molecule has 0 spiro atoms. The highest BCUT2D eigenvalue weighted by Gasteiger charge is 2.33. The maximum absolute atomic E-state index is 10.0. The van der Waals surface area contributed by atoms with Crippen molar-refractivity contribution in [1.29, 1.82) is 0 Å². The average molecular weight is 184 g/mol. The van der Waals surface area contributed by atoms with E-state index in [0.717, 1.165) is 5.92 Å². The van der Waals surface area contributed by atoms with Gasteiger partial charge in [-0.3, -0.25) is 0 Å².